The highest BCUT2D eigenvalue weighted by molar-refractivity contribution is 5.97. The molecule has 3 N–H and O–H groups in total. The van der Waals surface area contributed by atoms with Crippen molar-refractivity contribution in [1.82, 2.24) is 10.6 Å². The van der Waals surface area contributed by atoms with Gasteiger partial charge in [0.1, 0.15) is 0 Å². The molecule has 1 aromatic rings. The summed E-state index contributed by atoms with van der Waals surface area (Å²) in [5.41, 5.74) is 2.34. The van der Waals surface area contributed by atoms with Crippen LogP contribution in [0.1, 0.15) is 60.9 Å². The van der Waals surface area contributed by atoms with E-state index in [1.165, 1.54) is 32.1 Å². The van der Waals surface area contributed by atoms with Crippen LogP contribution in [-0.4, -0.2) is 30.9 Å². The summed E-state index contributed by atoms with van der Waals surface area (Å²) in [5, 5.41) is 9.24. The number of carbonyl (C=O) groups excluding carboxylic acids is 2. The van der Waals surface area contributed by atoms with Gasteiger partial charge in [-0.1, -0.05) is 19.3 Å². The Balaban J connectivity index is 1.50. The monoisotopic (exact) mass is 343 g/mol. The van der Waals surface area contributed by atoms with Crippen LogP contribution in [0.3, 0.4) is 0 Å². The first-order chi connectivity index (χ1) is 12.1. The molecule has 0 aromatic heterocycles. The molecule has 25 heavy (non-hydrogen) atoms. The van der Waals surface area contributed by atoms with E-state index in [-0.39, 0.29) is 11.8 Å². The number of nitrogens with one attached hydrogen (secondary N) is 3. The number of hydrogen-bond donors (Lipinski definition) is 3. The van der Waals surface area contributed by atoms with Crippen molar-refractivity contribution in [2.75, 3.05) is 18.4 Å². The summed E-state index contributed by atoms with van der Waals surface area (Å²) in [7, 11) is 0. The minimum Gasteiger partial charge on any atom is -0.349 e. The second-order valence-corrected chi connectivity index (χ2v) is 7.46. The Kier molecular flexibility index (Phi) is 6.08. The van der Waals surface area contributed by atoms with Gasteiger partial charge in [-0.15, -0.1) is 0 Å². The van der Waals surface area contributed by atoms with Crippen LogP contribution in [0.4, 0.5) is 5.69 Å². The maximum Gasteiger partial charge on any atom is 0.251 e. The number of amides is 2. The van der Waals surface area contributed by atoms with Gasteiger partial charge in [0.25, 0.3) is 5.91 Å². The first-order valence-corrected chi connectivity index (χ1v) is 9.54. The fraction of sp³-hybridized carbons (Fsp3) is 0.600. The predicted molar refractivity (Wildman–Crippen MR) is 99.7 cm³/mol. The lowest BCUT2D eigenvalue weighted by atomic mass is 9.95. The minimum absolute atomic E-state index is 0.0148. The lowest BCUT2D eigenvalue weighted by Gasteiger charge is -2.23. The molecule has 2 fully saturated rings. The van der Waals surface area contributed by atoms with Crippen LogP contribution in [0.2, 0.25) is 0 Å². The molecule has 0 atom stereocenters. The van der Waals surface area contributed by atoms with Gasteiger partial charge in [0.2, 0.25) is 5.91 Å². The van der Waals surface area contributed by atoms with Gasteiger partial charge in [-0.3, -0.25) is 9.59 Å². The first kappa shape index (κ1) is 17.9. The number of benzene rings is 1. The van der Waals surface area contributed by atoms with Crippen molar-refractivity contribution in [2.24, 2.45) is 5.92 Å². The Morgan fingerprint density at radius 2 is 1.84 bits per heavy atom. The van der Waals surface area contributed by atoms with E-state index < -0.39 is 0 Å². The normalized spacial score (nSPS) is 18.0. The third kappa shape index (κ3) is 5.56. The van der Waals surface area contributed by atoms with E-state index in [1.807, 2.05) is 19.1 Å². The third-order valence-electron chi connectivity index (χ3n) is 5.12. The van der Waals surface area contributed by atoms with Gasteiger partial charge >= 0.3 is 0 Å². The summed E-state index contributed by atoms with van der Waals surface area (Å²) >= 11 is 0. The van der Waals surface area contributed by atoms with Gasteiger partial charge in [0.15, 0.2) is 0 Å². The van der Waals surface area contributed by atoms with E-state index in [9.17, 15) is 9.59 Å². The van der Waals surface area contributed by atoms with Crippen LogP contribution in [-0.2, 0) is 4.79 Å². The van der Waals surface area contributed by atoms with Crippen LogP contribution in [0.25, 0.3) is 0 Å². The lowest BCUT2D eigenvalue weighted by molar-refractivity contribution is -0.115. The molecule has 5 heteroatoms. The molecule has 0 spiro atoms. The van der Waals surface area contributed by atoms with Crippen LogP contribution >= 0.6 is 0 Å². The van der Waals surface area contributed by atoms with Crippen LogP contribution in [0, 0.1) is 12.8 Å². The molecule has 0 unspecified atom stereocenters. The van der Waals surface area contributed by atoms with E-state index in [0.29, 0.717) is 18.2 Å². The summed E-state index contributed by atoms with van der Waals surface area (Å²) in [6, 6.07) is 5.77. The number of rotatable bonds is 7. The largest absolute Gasteiger partial charge is 0.349 e. The molecule has 2 amide bonds. The first-order valence-electron chi connectivity index (χ1n) is 9.54. The second kappa shape index (κ2) is 8.48. The molecule has 3 rings (SSSR count). The highest BCUT2D eigenvalue weighted by Crippen LogP contribution is 2.27. The number of hydrogen-bond acceptors (Lipinski definition) is 3. The van der Waals surface area contributed by atoms with Crippen molar-refractivity contribution < 1.29 is 9.59 Å². The summed E-state index contributed by atoms with van der Waals surface area (Å²) < 4.78 is 0. The van der Waals surface area contributed by atoms with E-state index in [2.05, 4.69) is 16.0 Å². The maximum absolute atomic E-state index is 12.4. The average Bonchev–Trinajstić information content (AvgIpc) is 3.42. The molecule has 0 bridgehead atoms. The van der Waals surface area contributed by atoms with Crippen LogP contribution < -0.4 is 16.0 Å². The Morgan fingerprint density at radius 3 is 2.52 bits per heavy atom. The van der Waals surface area contributed by atoms with Crippen molar-refractivity contribution in [3.63, 3.8) is 0 Å². The topological polar surface area (TPSA) is 70.2 Å². The standard InChI is InChI=1S/C20H29N3O2/c1-14-11-16(20(25)22-17-5-3-2-4-6-17)9-10-18(14)23-19(24)13-21-12-15-7-8-15/h9-11,15,17,21H,2-8,12-13H2,1H3,(H,22,25)(H,23,24). The molecule has 0 aliphatic heterocycles. The Hall–Kier alpha value is -1.88. The van der Waals surface area contributed by atoms with Gasteiger partial charge in [-0.2, -0.15) is 0 Å². The zero-order valence-electron chi connectivity index (χ0n) is 15.1. The second-order valence-electron chi connectivity index (χ2n) is 7.46. The molecule has 0 radical (unpaired) electrons. The molecule has 0 saturated heterocycles. The van der Waals surface area contributed by atoms with E-state index >= 15 is 0 Å². The van der Waals surface area contributed by atoms with Crippen LogP contribution in [0.5, 0.6) is 0 Å². The van der Waals surface area contributed by atoms with Gasteiger partial charge in [-0.05, 0) is 68.8 Å². The number of aryl methyl sites for hydroxylation is 1. The molecule has 2 saturated carbocycles. The number of anilines is 1. The molecule has 0 heterocycles. The molecule has 2 aliphatic rings. The van der Waals surface area contributed by atoms with E-state index in [4.69, 9.17) is 0 Å². The van der Waals surface area contributed by atoms with Crippen molar-refractivity contribution in [3.05, 3.63) is 29.3 Å². The van der Waals surface area contributed by atoms with Gasteiger partial charge in [0.05, 0.1) is 6.54 Å². The Labute approximate surface area is 150 Å². The summed E-state index contributed by atoms with van der Waals surface area (Å²) in [4.78, 5) is 24.4. The zero-order valence-corrected chi connectivity index (χ0v) is 15.1. The highest BCUT2D eigenvalue weighted by atomic mass is 16.2. The average molecular weight is 343 g/mol. The van der Waals surface area contributed by atoms with Crippen molar-refractivity contribution in [3.8, 4) is 0 Å². The predicted octanol–water partition coefficient (Wildman–Crippen LogP) is 3.00. The van der Waals surface area contributed by atoms with E-state index in [1.54, 1.807) is 6.07 Å². The summed E-state index contributed by atoms with van der Waals surface area (Å²) in [5.74, 6) is 0.707. The zero-order chi connectivity index (χ0) is 17.6. The maximum atomic E-state index is 12.4. The van der Waals surface area contributed by atoms with Gasteiger partial charge in [0, 0.05) is 17.3 Å². The van der Waals surface area contributed by atoms with Crippen molar-refractivity contribution >= 4 is 17.5 Å². The fourth-order valence-electron chi connectivity index (χ4n) is 3.37. The highest BCUT2D eigenvalue weighted by Gasteiger charge is 2.21. The molecule has 1 aromatic carbocycles. The van der Waals surface area contributed by atoms with E-state index in [0.717, 1.165) is 36.6 Å². The molecular formula is C20H29N3O2. The third-order valence-corrected chi connectivity index (χ3v) is 5.12. The molecular weight excluding hydrogens is 314 g/mol. The van der Waals surface area contributed by atoms with Gasteiger partial charge in [-0.25, -0.2) is 0 Å². The Bertz CT molecular complexity index is 619. The van der Waals surface area contributed by atoms with Crippen molar-refractivity contribution in [1.29, 1.82) is 0 Å². The summed E-state index contributed by atoms with van der Waals surface area (Å²) in [6.45, 7) is 3.18. The van der Waals surface area contributed by atoms with Gasteiger partial charge < -0.3 is 16.0 Å². The summed E-state index contributed by atoms with van der Waals surface area (Å²) in [6.07, 6.45) is 8.37. The smallest absolute Gasteiger partial charge is 0.251 e. The Morgan fingerprint density at radius 1 is 1.08 bits per heavy atom. The number of carbonyl (C=O) groups is 2. The molecule has 2 aliphatic carbocycles. The lowest BCUT2D eigenvalue weighted by Crippen LogP contribution is -2.36. The minimum atomic E-state index is -0.0387. The quantitative estimate of drug-likeness (QED) is 0.713. The SMILES string of the molecule is Cc1cc(C(=O)NC2CCCCC2)ccc1NC(=O)CNCC1CC1. The molecule has 136 valence electrons. The fourth-order valence-corrected chi connectivity index (χ4v) is 3.37. The van der Waals surface area contributed by atoms with Crippen LogP contribution in [0.15, 0.2) is 18.2 Å². The van der Waals surface area contributed by atoms with Crippen molar-refractivity contribution in [2.45, 2.75) is 57.9 Å². The molecule has 5 nitrogen and oxygen atoms in total.